The molecule has 5 nitrogen and oxygen atoms in total. The molecule has 0 spiro atoms. The number of rotatable bonds is 4. The van der Waals surface area contributed by atoms with Crippen LogP contribution >= 0.6 is 0 Å². The monoisotopic (exact) mass is 203 g/mol. The van der Waals surface area contributed by atoms with Crippen molar-refractivity contribution in [2.45, 2.75) is 31.9 Å². The molecular weight excluding hydrogens is 186 g/mol. The lowest BCUT2D eigenvalue weighted by molar-refractivity contribution is -0.0361. The fraction of sp³-hybridized carbons (Fsp3) is 0.889. The first-order valence-electron chi connectivity index (χ1n) is 4.89. The number of carbonyl (C=O) groups is 1. The van der Waals surface area contributed by atoms with E-state index >= 15 is 0 Å². The highest BCUT2D eigenvalue weighted by molar-refractivity contribution is 5.60. The Morgan fingerprint density at radius 1 is 1.64 bits per heavy atom. The molecular formula is C9H17NO4. The number of unbranched alkanes of at least 4 members (excludes halogenated alkanes) is 1. The number of ether oxygens (including phenoxy) is 3. The Morgan fingerprint density at radius 3 is 3.00 bits per heavy atom. The SMILES string of the molecule is CCCCOC(=O)O[C@@]1(N)CCOC1. The molecule has 1 aliphatic heterocycles. The van der Waals surface area contributed by atoms with Crippen LogP contribution in [-0.2, 0) is 14.2 Å². The largest absolute Gasteiger partial charge is 0.510 e. The van der Waals surface area contributed by atoms with Gasteiger partial charge in [-0.1, -0.05) is 13.3 Å². The van der Waals surface area contributed by atoms with E-state index in [9.17, 15) is 4.79 Å². The van der Waals surface area contributed by atoms with Crippen molar-refractivity contribution in [3.63, 3.8) is 0 Å². The predicted molar refractivity (Wildman–Crippen MR) is 49.7 cm³/mol. The van der Waals surface area contributed by atoms with Crippen molar-refractivity contribution >= 4 is 6.16 Å². The van der Waals surface area contributed by atoms with Crippen LogP contribution in [0.3, 0.4) is 0 Å². The summed E-state index contributed by atoms with van der Waals surface area (Å²) in [5.41, 5.74) is 4.73. The zero-order chi connectivity index (χ0) is 10.4. The summed E-state index contributed by atoms with van der Waals surface area (Å²) < 4.78 is 14.8. The molecule has 0 aromatic carbocycles. The van der Waals surface area contributed by atoms with Gasteiger partial charge in [0.15, 0.2) is 5.72 Å². The first-order valence-corrected chi connectivity index (χ1v) is 4.89. The maximum Gasteiger partial charge on any atom is 0.510 e. The van der Waals surface area contributed by atoms with Gasteiger partial charge in [-0.25, -0.2) is 4.79 Å². The van der Waals surface area contributed by atoms with Crippen LogP contribution < -0.4 is 5.73 Å². The maximum absolute atomic E-state index is 11.1. The lowest BCUT2D eigenvalue weighted by Gasteiger charge is -2.21. The summed E-state index contributed by atoms with van der Waals surface area (Å²) in [5.74, 6) is 0. The van der Waals surface area contributed by atoms with E-state index in [1.54, 1.807) is 0 Å². The molecule has 0 bridgehead atoms. The van der Waals surface area contributed by atoms with E-state index in [0.717, 1.165) is 12.8 Å². The van der Waals surface area contributed by atoms with Gasteiger partial charge >= 0.3 is 6.16 Å². The van der Waals surface area contributed by atoms with Crippen molar-refractivity contribution in [1.29, 1.82) is 0 Å². The molecule has 0 radical (unpaired) electrons. The second kappa shape index (κ2) is 5.17. The molecule has 14 heavy (non-hydrogen) atoms. The normalized spacial score (nSPS) is 26.1. The molecule has 5 heteroatoms. The fourth-order valence-electron chi connectivity index (χ4n) is 1.14. The molecule has 2 N–H and O–H groups in total. The molecule has 0 saturated carbocycles. The highest BCUT2D eigenvalue weighted by atomic mass is 16.7. The Labute approximate surface area is 83.5 Å². The first-order chi connectivity index (χ1) is 6.66. The minimum absolute atomic E-state index is 0.246. The van der Waals surface area contributed by atoms with E-state index < -0.39 is 11.9 Å². The lowest BCUT2D eigenvalue weighted by Crippen LogP contribution is -2.45. The molecule has 0 unspecified atom stereocenters. The molecule has 0 amide bonds. The van der Waals surface area contributed by atoms with Crippen molar-refractivity contribution in [2.75, 3.05) is 19.8 Å². The Hall–Kier alpha value is -0.810. The topological polar surface area (TPSA) is 70.8 Å². The van der Waals surface area contributed by atoms with E-state index in [2.05, 4.69) is 0 Å². The van der Waals surface area contributed by atoms with Crippen molar-refractivity contribution < 1.29 is 19.0 Å². The van der Waals surface area contributed by atoms with Gasteiger partial charge < -0.3 is 14.2 Å². The lowest BCUT2D eigenvalue weighted by atomic mass is 10.2. The number of nitrogens with two attached hydrogens (primary N) is 1. The van der Waals surface area contributed by atoms with Crippen LogP contribution in [0, 0.1) is 0 Å². The third-order valence-corrected chi connectivity index (χ3v) is 2.02. The van der Waals surface area contributed by atoms with Gasteiger partial charge in [-0.15, -0.1) is 0 Å². The van der Waals surface area contributed by atoms with Gasteiger partial charge in [0.1, 0.15) is 6.61 Å². The molecule has 1 rings (SSSR count). The van der Waals surface area contributed by atoms with Crippen LogP contribution in [-0.4, -0.2) is 31.7 Å². The Kier molecular flexibility index (Phi) is 4.16. The summed E-state index contributed by atoms with van der Waals surface area (Å²) in [7, 11) is 0. The number of carbonyl (C=O) groups excluding carboxylic acids is 1. The highest BCUT2D eigenvalue weighted by Crippen LogP contribution is 2.17. The standard InChI is InChI=1S/C9H17NO4/c1-2-3-5-13-8(11)14-9(10)4-6-12-7-9/h2-7,10H2,1H3/t9-/m0/s1. The summed E-state index contributed by atoms with van der Waals surface area (Å²) >= 11 is 0. The van der Waals surface area contributed by atoms with E-state index in [4.69, 9.17) is 19.9 Å². The average Bonchev–Trinajstić information content (AvgIpc) is 2.52. The van der Waals surface area contributed by atoms with Gasteiger partial charge in [0.2, 0.25) is 0 Å². The van der Waals surface area contributed by atoms with E-state index in [1.165, 1.54) is 0 Å². The van der Waals surface area contributed by atoms with E-state index in [-0.39, 0.29) is 6.61 Å². The van der Waals surface area contributed by atoms with Crippen LogP contribution in [0.15, 0.2) is 0 Å². The van der Waals surface area contributed by atoms with Crippen LogP contribution in [0.5, 0.6) is 0 Å². The molecule has 0 aliphatic carbocycles. The molecule has 0 aromatic rings. The fourth-order valence-corrected chi connectivity index (χ4v) is 1.14. The summed E-state index contributed by atoms with van der Waals surface area (Å²) in [6.07, 6.45) is 1.63. The van der Waals surface area contributed by atoms with Gasteiger partial charge in [0.25, 0.3) is 0 Å². The van der Waals surface area contributed by atoms with Gasteiger partial charge in [0.05, 0.1) is 13.2 Å². The molecule has 1 fully saturated rings. The van der Waals surface area contributed by atoms with Crippen molar-refractivity contribution in [1.82, 2.24) is 0 Å². The zero-order valence-electron chi connectivity index (χ0n) is 8.45. The molecule has 82 valence electrons. The molecule has 0 aromatic heterocycles. The van der Waals surface area contributed by atoms with Gasteiger partial charge in [-0.05, 0) is 6.42 Å². The van der Waals surface area contributed by atoms with Crippen molar-refractivity contribution in [3.8, 4) is 0 Å². The van der Waals surface area contributed by atoms with Crippen molar-refractivity contribution in [2.24, 2.45) is 5.73 Å². The van der Waals surface area contributed by atoms with Gasteiger partial charge in [0, 0.05) is 6.42 Å². The van der Waals surface area contributed by atoms with Crippen LogP contribution in [0.25, 0.3) is 0 Å². The van der Waals surface area contributed by atoms with E-state index in [0.29, 0.717) is 19.6 Å². The maximum atomic E-state index is 11.1. The van der Waals surface area contributed by atoms with Crippen LogP contribution in [0.2, 0.25) is 0 Å². The summed E-state index contributed by atoms with van der Waals surface area (Å²) in [6.45, 7) is 3.17. The minimum Gasteiger partial charge on any atom is -0.434 e. The zero-order valence-corrected chi connectivity index (χ0v) is 8.45. The Bertz CT molecular complexity index is 189. The molecule has 1 heterocycles. The molecule has 1 saturated heterocycles. The minimum atomic E-state index is -0.983. The van der Waals surface area contributed by atoms with Crippen molar-refractivity contribution in [3.05, 3.63) is 0 Å². The summed E-state index contributed by atoms with van der Waals surface area (Å²) in [4.78, 5) is 11.1. The summed E-state index contributed by atoms with van der Waals surface area (Å²) in [6, 6.07) is 0. The average molecular weight is 203 g/mol. The third kappa shape index (κ3) is 3.51. The first kappa shape index (κ1) is 11.3. The molecule has 1 aliphatic rings. The Balaban J connectivity index is 2.19. The second-order valence-corrected chi connectivity index (χ2v) is 3.42. The second-order valence-electron chi connectivity index (χ2n) is 3.42. The smallest absolute Gasteiger partial charge is 0.434 e. The van der Waals surface area contributed by atoms with Gasteiger partial charge in [-0.3, -0.25) is 5.73 Å². The van der Waals surface area contributed by atoms with Crippen LogP contribution in [0.1, 0.15) is 26.2 Å². The third-order valence-electron chi connectivity index (χ3n) is 2.02. The number of hydrogen-bond acceptors (Lipinski definition) is 5. The van der Waals surface area contributed by atoms with Crippen LogP contribution in [0.4, 0.5) is 4.79 Å². The highest BCUT2D eigenvalue weighted by Gasteiger charge is 2.35. The van der Waals surface area contributed by atoms with E-state index in [1.807, 2.05) is 6.92 Å². The quantitative estimate of drug-likeness (QED) is 0.419. The summed E-state index contributed by atoms with van der Waals surface area (Å²) in [5, 5.41) is 0. The number of hydrogen-bond donors (Lipinski definition) is 1. The van der Waals surface area contributed by atoms with Gasteiger partial charge in [-0.2, -0.15) is 0 Å². The molecule has 1 atom stereocenters. The predicted octanol–water partition coefficient (Wildman–Crippen LogP) is 1.02. The Morgan fingerprint density at radius 2 is 2.43 bits per heavy atom.